The van der Waals surface area contributed by atoms with Gasteiger partial charge in [0.1, 0.15) is 17.7 Å². The monoisotopic (exact) mass is 387 g/mol. The minimum Gasteiger partial charge on any atom is -0.464 e. The highest BCUT2D eigenvalue weighted by Crippen LogP contribution is 2.39. The maximum Gasteiger partial charge on any atom is 0.417 e. The lowest BCUT2D eigenvalue weighted by atomic mass is 10.2. The second kappa shape index (κ2) is 7.68. The van der Waals surface area contributed by atoms with Gasteiger partial charge in [-0.25, -0.2) is 14.5 Å². The van der Waals surface area contributed by atoms with E-state index >= 15 is 0 Å². The van der Waals surface area contributed by atoms with E-state index in [1.165, 1.54) is 0 Å². The zero-order valence-electron chi connectivity index (χ0n) is 17.5. The summed E-state index contributed by atoms with van der Waals surface area (Å²) in [6.45, 7) is 17.2. The van der Waals surface area contributed by atoms with Crippen molar-refractivity contribution in [1.29, 1.82) is 0 Å². The second-order valence-corrected chi connectivity index (χ2v) is 13.8. The minimum absolute atomic E-state index is 0.0867. The van der Waals surface area contributed by atoms with E-state index in [4.69, 9.17) is 13.9 Å². The number of amides is 2. The molecule has 0 N–H and O–H groups in total. The molecule has 1 aliphatic heterocycles. The average Bonchev–Trinajstić information content (AvgIpc) is 2.72. The van der Waals surface area contributed by atoms with Crippen LogP contribution in [0.5, 0.6) is 0 Å². The van der Waals surface area contributed by atoms with Crippen LogP contribution in [0, 0.1) is 0 Å². The Morgan fingerprint density at radius 3 is 2.12 bits per heavy atom. The number of carbonyl (C=O) groups is 3. The summed E-state index contributed by atoms with van der Waals surface area (Å²) in [5.74, 6) is -1.16. The van der Waals surface area contributed by atoms with Gasteiger partial charge >= 0.3 is 12.1 Å². The molecular weight excluding hydrogens is 354 g/mol. The number of likely N-dealkylation sites (tertiary alicyclic amines) is 1. The standard InChI is InChI=1S/C18H33NO6Si/c1-10-23-15(21)12-11-13(25-26(8,9)18(5,6)7)14(20)19(12)16(22)24-17(2,3)4/h12-13H,10-11H2,1-9H3/t12-,13-/m1/s1. The molecule has 1 rings (SSSR count). The Balaban J connectivity index is 3.11. The SMILES string of the molecule is CCOC(=O)[C@H]1C[C@@H](O[Si](C)(C)C(C)(C)C)C(=O)N1C(=O)OC(C)(C)C. The van der Waals surface area contributed by atoms with Crippen molar-refractivity contribution in [2.75, 3.05) is 6.61 Å². The largest absolute Gasteiger partial charge is 0.464 e. The van der Waals surface area contributed by atoms with Gasteiger partial charge in [-0.05, 0) is 45.8 Å². The molecule has 0 aromatic carbocycles. The highest BCUT2D eigenvalue weighted by molar-refractivity contribution is 6.74. The van der Waals surface area contributed by atoms with Crippen LogP contribution in [0.2, 0.25) is 18.1 Å². The normalized spacial score (nSPS) is 21.7. The summed E-state index contributed by atoms with van der Waals surface area (Å²) in [5.41, 5.74) is -0.783. The fraction of sp³-hybridized carbons (Fsp3) is 0.833. The third kappa shape index (κ3) is 5.29. The highest BCUT2D eigenvalue weighted by Gasteiger charge is 2.52. The third-order valence-electron chi connectivity index (χ3n) is 4.65. The molecule has 0 radical (unpaired) electrons. The third-order valence-corrected chi connectivity index (χ3v) is 9.14. The molecule has 2 amide bonds. The molecule has 0 unspecified atom stereocenters. The van der Waals surface area contributed by atoms with Crippen LogP contribution in [0.4, 0.5) is 4.79 Å². The van der Waals surface area contributed by atoms with Gasteiger partial charge < -0.3 is 13.9 Å². The number of carbonyl (C=O) groups excluding carboxylic acids is 3. The zero-order valence-corrected chi connectivity index (χ0v) is 18.5. The Hall–Kier alpha value is -1.41. The van der Waals surface area contributed by atoms with Gasteiger partial charge in [0, 0.05) is 6.42 Å². The summed E-state index contributed by atoms with van der Waals surface area (Å²) in [4.78, 5) is 38.6. The molecule has 0 aromatic heterocycles. The van der Waals surface area contributed by atoms with Gasteiger partial charge in [0.2, 0.25) is 0 Å². The molecule has 0 saturated carbocycles. The first-order valence-corrected chi connectivity index (χ1v) is 11.9. The predicted octanol–water partition coefficient (Wildman–Crippen LogP) is 3.48. The molecule has 1 heterocycles. The number of imide groups is 1. The van der Waals surface area contributed by atoms with Crippen LogP contribution in [0.25, 0.3) is 0 Å². The Kier molecular flexibility index (Phi) is 6.68. The van der Waals surface area contributed by atoms with Crippen LogP contribution in [0.15, 0.2) is 0 Å². The summed E-state index contributed by atoms with van der Waals surface area (Å²) in [6, 6.07) is -1.02. The van der Waals surface area contributed by atoms with Crippen molar-refractivity contribution < 1.29 is 28.3 Å². The maximum atomic E-state index is 12.9. The van der Waals surface area contributed by atoms with Crippen LogP contribution in [0.3, 0.4) is 0 Å². The maximum absolute atomic E-state index is 12.9. The van der Waals surface area contributed by atoms with Gasteiger partial charge in [-0.1, -0.05) is 20.8 Å². The van der Waals surface area contributed by atoms with Crippen LogP contribution in [-0.4, -0.2) is 55.5 Å². The van der Waals surface area contributed by atoms with E-state index in [0.29, 0.717) is 0 Å². The molecule has 0 aliphatic carbocycles. The van der Waals surface area contributed by atoms with Crippen LogP contribution >= 0.6 is 0 Å². The van der Waals surface area contributed by atoms with Crippen molar-refractivity contribution in [3.63, 3.8) is 0 Å². The van der Waals surface area contributed by atoms with Gasteiger partial charge in [-0.3, -0.25) is 4.79 Å². The number of hydrogen-bond acceptors (Lipinski definition) is 6. The fourth-order valence-corrected chi connectivity index (χ4v) is 3.58. The van der Waals surface area contributed by atoms with Crippen LogP contribution in [0.1, 0.15) is 54.9 Å². The van der Waals surface area contributed by atoms with Gasteiger partial charge in [-0.15, -0.1) is 0 Å². The lowest BCUT2D eigenvalue weighted by Gasteiger charge is -2.37. The summed E-state index contributed by atoms with van der Waals surface area (Å²) in [6.07, 6.45) is -1.61. The molecule has 7 nitrogen and oxygen atoms in total. The van der Waals surface area contributed by atoms with Crippen molar-refractivity contribution in [1.82, 2.24) is 4.90 Å². The average molecular weight is 388 g/mol. The number of nitrogens with zero attached hydrogens (tertiary/aromatic N) is 1. The van der Waals surface area contributed by atoms with Gasteiger partial charge in [0.25, 0.3) is 5.91 Å². The summed E-state index contributed by atoms with van der Waals surface area (Å²) >= 11 is 0. The minimum atomic E-state index is -2.26. The molecule has 1 fully saturated rings. The Morgan fingerprint density at radius 2 is 1.69 bits per heavy atom. The molecule has 0 bridgehead atoms. The molecule has 0 aromatic rings. The summed E-state index contributed by atoms with van der Waals surface area (Å²) < 4.78 is 16.5. The van der Waals surface area contributed by atoms with E-state index in [1.807, 2.05) is 13.1 Å². The van der Waals surface area contributed by atoms with Gasteiger partial charge in [0.05, 0.1) is 6.61 Å². The first kappa shape index (κ1) is 22.6. The lowest BCUT2D eigenvalue weighted by Crippen LogP contribution is -2.48. The van der Waals surface area contributed by atoms with E-state index in [0.717, 1.165) is 4.90 Å². The molecule has 1 aliphatic rings. The van der Waals surface area contributed by atoms with Crippen molar-refractivity contribution in [2.24, 2.45) is 0 Å². The Bertz CT molecular complexity index is 561. The van der Waals surface area contributed by atoms with E-state index in [-0.39, 0.29) is 18.1 Å². The quantitative estimate of drug-likeness (QED) is 0.542. The topological polar surface area (TPSA) is 82.1 Å². The molecule has 8 heteroatoms. The van der Waals surface area contributed by atoms with Crippen molar-refractivity contribution in [2.45, 2.75) is 90.8 Å². The van der Waals surface area contributed by atoms with E-state index in [2.05, 4.69) is 20.8 Å². The fourth-order valence-electron chi connectivity index (χ4n) is 2.32. The Morgan fingerprint density at radius 1 is 1.15 bits per heavy atom. The highest BCUT2D eigenvalue weighted by atomic mass is 28.4. The second-order valence-electron chi connectivity index (χ2n) is 9.06. The predicted molar refractivity (Wildman–Crippen MR) is 100 cm³/mol. The van der Waals surface area contributed by atoms with Gasteiger partial charge in [0.15, 0.2) is 8.32 Å². The number of ether oxygens (including phenoxy) is 2. The van der Waals surface area contributed by atoms with Crippen LogP contribution < -0.4 is 0 Å². The summed E-state index contributed by atoms with van der Waals surface area (Å²) in [7, 11) is -2.26. The first-order chi connectivity index (χ1) is 11.6. The Labute approximate surface area is 157 Å². The van der Waals surface area contributed by atoms with Crippen LogP contribution in [-0.2, 0) is 23.5 Å². The summed E-state index contributed by atoms with van der Waals surface area (Å²) in [5, 5.41) is -0.105. The zero-order chi connectivity index (χ0) is 20.5. The first-order valence-electron chi connectivity index (χ1n) is 9.01. The van der Waals surface area contributed by atoms with Crippen molar-refractivity contribution in [3.8, 4) is 0 Å². The molecule has 0 spiro atoms. The van der Waals surface area contributed by atoms with E-state index < -0.39 is 44.0 Å². The number of esters is 1. The van der Waals surface area contributed by atoms with Crippen molar-refractivity contribution in [3.05, 3.63) is 0 Å². The van der Waals surface area contributed by atoms with Gasteiger partial charge in [-0.2, -0.15) is 0 Å². The molecular formula is C18H33NO6Si. The molecule has 150 valence electrons. The number of hydrogen-bond donors (Lipinski definition) is 0. The van der Waals surface area contributed by atoms with E-state index in [1.54, 1.807) is 27.7 Å². The molecule has 2 atom stereocenters. The van der Waals surface area contributed by atoms with E-state index in [9.17, 15) is 14.4 Å². The number of rotatable bonds is 4. The molecule has 1 saturated heterocycles. The molecule has 26 heavy (non-hydrogen) atoms. The van der Waals surface area contributed by atoms with Crippen molar-refractivity contribution >= 4 is 26.3 Å². The smallest absolute Gasteiger partial charge is 0.417 e. The lowest BCUT2D eigenvalue weighted by molar-refractivity contribution is -0.151.